The number of unbranched alkanes of at least 4 members (excludes halogenated alkanes) is 16. The zero-order valence-electron chi connectivity index (χ0n) is 25.0. The van der Waals surface area contributed by atoms with E-state index in [1.165, 1.54) is 58.3 Å². The van der Waals surface area contributed by atoms with Gasteiger partial charge >= 0.3 is 19.8 Å². The number of carbonyl (C=O) groups excluding carboxylic acids is 3. The van der Waals surface area contributed by atoms with Crippen molar-refractivity contribution in [2.75, 3.05) is 19.8 Å². The quantitative estimate of drug-likeness (QED) is 0.0524. The van der Waals surface area contributed by atoms with Crippen LogP contribution < -0.4 is 5.32 Å². The molecule has 236 valence electrons. The first-order chi connectivity index (χ1) is 19.1. The highest BCUT2D eigenvalue weighted by Gasteiger charge is 2.22. The van der Waals surface area contributed by atoms with Gasteiger partial charge in [-0.05, 0) is 19.3 Å². The van der Waals surface area contributed by atoms with E-state index in [1.54, 1.807) is 0 Å². The Bertz CT molecular complexity index is 699. The number of rotatable bonds is 28. The highest BCUT2D eigenvalue weighted by Crippen LogP contribution is 2.35. The van der Waals surface area contributed by atoms with Gasteiger partial charge < -0.3 is 24.6 Å². The molecule has 0 bridgehead atoms. The lowest BCUT2D eigenvalue weighted by Crippen LogP contribution is -2.29. The zero-order valence-corrected chi connectivity index (χ0v) is 25.9. The lowest BCUT2D eigenvalue weighted by atomic mass is 10.1. The average molecular weight is 594 g/mol. The summed E-state index contributed by atoms with van der Waals surface area (Å²) in [5.41, 5.74) is 0. The van der Waals surface area contributed by atoms with E-state index in [-0.39, 0.29) is 25.4 Å². The van der Waals surface area contributed by atoms with E-state index < -0.39 is 32.5 Å². The molecule has 0 aliphatic heterocycles. The Hall–Kier alpha value is -1.48. The van der Waals surface area contributed by atoms with Crippen molar-refractivity contribution in [3.8, 4) is 0 Å². The molecule has 1 amide bonds. The van der Waals surface area contributed by atoms with E-state index in [2.05, 4.69) is 16.8 Å². The molecule has 0 rings (SSSR count). The molecular formula is C29H56NO9P. The smallest absolute Gasteiger partial charge is 0.462 e. The van der Waals surface area contributed by atoms with Crippen LogP contribution >= 0.6 is 7.82 Å². The van der Waals surface area contributed by atoms with Gasteiger partial charge in [-0.1, -0.05) is 103 Å². The number of esters is 2. The molecule has 3 N–H and O–H groups in total. The number of amides is 1. The summed E-state index contributed by atoms with van der Waals surface area (Å²) in [4.78, 5) is 53.1. The average Bonchev–Trinajstić information content (AvgIpc) is 2.89. The summed E-state index contributed by atoms with van der Waals surface area (Å²) in [6, 6.07) is 0. The predicted molar refractivity (Wildman–Crippen MR) is 156 cm³/mol. The molecule has 10 nitrogen and oxygen atoms in total. The molecule has 0 spiro atoms. The number of hydrogen-bond acceptors (Lipinski definition) is 7. The third-order valence-corrected chi connectivity index (χ3v) is 7.06. The van der Waals surface area contributed by atoms with Crippen LogP contribution in [0, 0.1) is 0 Å². The van der Waals surface area contributed by atoms with E-state index in [9.17, 15) is 18.9 Å². The summed E-state index contributed by atoms with van der Waals surface area (Å²) in [5.74, 6) is -0.902. The molecule has 1 atom stereocenters. The van der Waals surface area contributed by atoms with Crippen molar-refractivity contribution in [3.05, 3.63) is 0 Å². The Morgan fingerprint density at radius 2 is 1.12 bits per heavy atom. The molecule has 0 unspecified atom stereocenters. The maximum absolute atomic E-state index is 12.2. The summed E-state index contributed by atoms with van der Waals surface area (Å²) in [6.45, 7) is 3.62. The highest BCUT2D eigenvalue weighted by molar-refractivity contribution is 7.46. The fourth-order valence-electron chi connectivity index (χ4n) is 4.28. The largest absolute Gasteiger partial charge is 0.469 e. The van der Waals surface area contributed by atoms with E-state index in [0.29, 0.717) is 12.8 Å². The van der Waals surface area contributed by atoms with Gasteiger partial charge in [-0.25, -0.2) is 4.57 Å². The third kappa shape index (κ3) is 29.5. The molecule has 11 heteroatoms. The third-order valence-electron chi connectivity index (χ3n) is 6.57. The molecule has 0 aliphatic carbocycles. The Morgan fingerprint density at radius 3 is 1.60 bits per heavy atom. The first-order valence-corrected chi connectivity index (χ1v) is 17.0. The molecule has 0 saturated carbocycles. The first-order valence-electron chi connectivity index (χ1n) is 15.4. The van der Waals surface area contributed by atoms with Crippen molar-refractivity contribution >= 4 is 25.7 Å². The van der Waals surface area contributed by atoms with Crippen molar-refractivity contribution in [1.82, 2.24) is 5.32 Å². The summed E-state index contributed by atoms with van der Waals surface area (Å²) >= 11 is 0. The van der Waals surface area contributed by atoms with E-state index in [4.69, 9.17) is 19.3 Å². The van der Waals surface area contributed by atoms with Gasteiger partial charge in [0.2, 0.25) is 5.91 Å². The standard InChI is InChI=1S/C29H56NO9P/c1-3-4-5-6-7-12-16-19-22-29(33)39-27(25-38-40(34,35)36)24-37-28(32)21-18-15-13-10-8-9-11-14-17-20-23-30-26(2)31/h27H,3-25H2,1-2H3,(H,30,31)(H2,34,35,36)/t27-/m0/s1. The molecule has 0 aliphatic rings. The number of nitrogens with one attached hydrogen (secondary N) is 1. The van der Waals surface area contributed by atoms with Gasteiger partial charge in [0.15, 0.2) is 6.10 Å². The number of carbonyl (C=O) groups is 3. The molecule has 0 heterocycles. The fraction of sp³-hybridized carbons (Fsp3) is 0.897. The maximum atomic E-state index is 12.2. The van der Waals surface area contributed by atoms with E-state index in [0.717, 1.165) is 57.9 Å². The van der Waals surface area contributed by atoms with Crippen molar-refractivity contribution in [2.45, 2.75) is 148 Å². The minimum Gasteiger partial charge on any atom is -0.462 e. The van der Waals surface area contributed by atoms with Gasteiger partial charge in [-0.2, -0.15) is 0 Å². The number of ether oxygens (including phenoxy) is 2. The lowest BCUT2D eigenvalue weighted by Gasteiger charge is -2.18. The topological polar surface area (TPSA) is 148 Å². The van der Waals surface area contributed by atoms with Crippen molar-refractivity contribution < 1.29 is 42.7 Å². The van der Waals surface area contributed by atoms with Gasteiger partial charge in [0, 0.05) is 26.3 Å². The first kappa shape index (κ1) is 38.5. The van der Waals surface area contributed by atoms with Crippen LogP contribution in [-0.4, -0.2) is 53.5 Å². The summed E-state index contributed by atoms with van der Waals surface area (Å²) in [7, 11) is -4.74. The maximum Gasteiger partial charge on any atom is 0.469 e. The van der Waals surface area contributed by atoms with Gasteiger partial charge in [0.1, 0.15) is 6.61 Å². The second-order valence-electron chi connectivity index (χ2n) is 10.6. The van der Waals surface area contributed by atoms with Gasteiger partial charge in [-0.15, -0.1) is 0 Å². The monoisotopic (exact) mass is 593 g/mol. The van der Waals surface area contributed by atoms with Crippen molar-refractivity contribution in [2.24, 2.45) is 0 Å². The minimum atomic E-state index is -4.74. The second kappa shape index (κ2) is 26.4. The normalized spacial score (nSPS) is 12.2. The number of phosphoric ester groups is 1. The minimum absolute atomic E-state index is 0.0235. The Labute approximate surface area is 241 Å². The van der Waals surface area contributed by atoms with Gasteiger partial charge in [0.05, 0.1) is 6.61 Å². The highest BCUT2D eigenvalue weighted by atomic mass is 31.2. The molecule has 0 aromatic rings. The lowest BCUT2D eigenvalue weighted by molar-refractivity contribution is -0.161. The van der Waals surface area contributed by atoms with Crippen LogP contribution in [0.5, 0.6) is 0 Å². The van der Waals surface area contributed by atoms with Crippen LogP contribution in [-0.2, 0) is 32.9 Å². The Morgan fingerprint density at radius 1 is 0.675 bits per heavy atom. The second-order valence-corrected chi connectivity index (χ2v) is 11.8. The number of hydrogen-bond donors (Lipinski definition) is 3. The summed E-state index contributed by atoms with van der Waals surface area (Å²) in [5, 5.41) is 2.81. The van der Waals surface area contributed by atoms with E-state index >= 15 is 0 Å². The van der Waals surface area contributed by atoms with Gasteiger partial charge in [-0.3, -0.25) is 18.9 Å². The van der Waals surface area contributed by atoms with Crippen LogP contribution in [0.2, 0.25) is 0 Å². The van der Waals surface area contributed by atoms with Crippen LogP contribution in [0.1, 0.15) is 142 Å². The molecular weight excluding hydrogens is 537 g/mol. The van der Waals surface area contributed by atoms with Crippen LogP contribution in [0.15, 0.2) is 0 Å². The summed E-state index contributed by atoms with van der Waals surface area (Å²) < 4.78 is 26.0. The summed E-state index contributed by atoms with van der Waals surface area (Å²) in [6.07, 6.45) is 18.8. The van der Waals surface area contributed by atoms with E-state index in [1.807, 2.05) is 0 Å². The van der Waals surface area contributed by atoms with Crippen LogP contribution in [0.4, 0.5) is 0 Å². The fourth-order valence-corrected chi connectivity index (χ4v) is 4.64. The molecule has 40 heavy (non-hydrogen) atoms. The van der Waals surface area contributed by atoms with Crippen LogP contribution in [0.3, 0.4) is 0 Å². The van der Waals surface area contributed by atoms with Crippen LogP contribution in [0.25, 0.3) is 0 Å². The number of phosphoric acid groups is 1. The Balaban J connectivity index is 3.97. The van der Waals surface area contributed by atoms with Crippen molar-refractivity contribution in [3.63, 3.8) is 0 Å². The molecule has 0 aromatic heterocycles. The SMILES string of the molecule is CCCCCCCCCCC(=O)O[C@@H](COC(=O)CCCCCCCCCCCCNC(C)=O)COP(=O)(O)O. The van der Waals surface area contributed by atoms with Gasteiger partial charge in [0.25, 0.3) is 0 Å². The Kier molecular flexibility index (Phi) is 25.4. The predicted octanol–water partition coefficient (Wildman–Crippen LogP) is 6.51. The molecule has 0 fully saturated rings. The molecule has 0 aromatic carbocycles. The molecule has 0 radical (unpaired) electrons. The zero-order chi connectivity index (χ0) is 29.9. The van der Waals surface area contributed by atoms with Crippen molar-refractivity contribution in [1.29, 1.82) is 0 Å². The molecule has 0 saturated heterocycles.